The first kappa shape index (κ1) is 13.5. The Bertz CT molecular complexity index is 566. The van der Waals surface area contributed by atoms with Crippen molar-refractivity contribution in [3.8, 4) is 5.88 Å². The van der Waals surface area contributed by atoms with E-state index in [-0.39, 0.29) is 5.82 Å². The van der Waals surface area contributed by atoms with Crippen LogP contribution in [0.4, 0.5) is 4.39 Å². The Balaban J connectivity index is 2.00. The highest BCUT2D eigenvalue weighted by Gasteiger charge is 2.12. The minimum absolute atomic E-state index is 0.213. The van der Waals surface area contributed by atoms with Crippen molar-refractivity contribution < 1.29 is 9.13 Å². The van der Waals surface area contributed by atoms with Crippen LogP contribution in [0.3, 0.4) is 0 Å². The van der Waals surface area contributed by atoms with E-state index in [1.807, 2.05) is 20.0 Å². The van der Waals surface area contributed by atoms with Gasteiger partial charge in [0.2, 0.25) is 5.88 Å². The molecule has 0 aliphatic heterocycles. The number of aromatic nitrogens is 2. The van der Waals surface area contributed by atoms with Crippen molar-refractivity contribution in [3.05, 3.63) is 46.9 Å². The average Bonchev–Trinajstić information content (AvgIpc) is 2.64. The topological polar surface area (TPSA) is 39.1 Å². The summed E-state index contributed by atoms with van der Waals surface area (Å²) in [5, 5.41) is 7.59. The van der Waals surface area contributed by atoms with E-state index in [1.165, 1.54) is 12.1 Å². The number of nitrogens with zero attached hydrogens (tertiary/aromatic N) is 2. The lowest BCUT2D eigenvalue weighted by Gasteiger charge is -2.07. The van der Waals surface area contributed by atoms with Crippen LogP contribution in [-0.4, -0.2) is 16.9 Å². The van der Waals surface area contributed by atoms with Crippen LogP contribution >= 0.6 is 0 Å². The molecule has 102 valence electrons. The van der Waals surface area contributed by atoms with Gasteiger partial charge in [-0.3, -0.25) is 0 Å². The van der Waals surface area contributed by atoms with Crippen molar-refractivity contribution in [2.75, 3.05) is 7.11 Å². The van der Waals surface area contributed by atoms with Gasteiger partial charge in [-0.1, -0.05) is 12.1 Å². The Morgan fingerprint density at radius 3 is 2.84 bits per heavy atom. The van der Waals surface area contributed by atoms with Gasteiger partial charge in [-0.25, -0.2) is 9.07 Å². The number of halogens is 1. The lowest BCUT2D eigenvalue weighted by molar-refractivity contribution is 0.368. The Hall–Kier alpha value is -1.88. The molecular formula is C14H18FN3O. The summed E-state index contributed by atoms with van der Waals surface area (Å²) in [5.74, 6) is 0.540. The fourth-order valence-electron chi connectivity index (χ4n) is 2.12. The second kappa shape index (κ2) is 5.84. The molecule has 1 aromatic heterocycles. The van der Waals surface area contributed by atoms with Gasteiger partial charge in [0.15, 0.2) is 0 Å². The van der Waals surface area contributed by atoms with Crippen LogP contribution in [0.2, 0.25) is 0 Å². The van der Waals surface area contributed by atoms with E-state index in [1.54, 1.807) is 17.9 Å². The van der Waals surface area contributed by atoms with E-state index in [9.17, 15) is 4.39 Å². The lowest BCUT2D eigenvalue weighted by atomic mass is 10.2. The average molecular weight is 263 g/mol. The summed E-state index contributed by atoms with van der Waals surface area (Å²) < 4.78 is 20.1. The summed E-state index contributed by atoms with van der Waals surface area (Å²) in [6.45, 7) is 3.19. The number of nitrogens with one attached hydrogen (secondary N) is 1. The summed E-state index contributed by atoms with van der Waals surface area (Å²) >= 11 is 0. The molecule has 0 aliphatic carbocycles. The molecule has 0 spiro atoms. The van der Waals surface area contributed by atoms with E-state index >= 15 is 0 Å². The van der Waals surface area contributed by atoms with Crippen LogP contribution in [0.1, 0.15) is 16.8 Å². The summed E-state index contributed by atoms with van der Waals surface area (Å²) in [6.07, 6.45) is 0. The number of hydrogen-bond donors (Lipinski definition) is 1. The highest BCUT2D eigenvalue weighted by Crippen LogP contribution is 2.20. The van der Waals surface area contributed by atoms with Gasteiger partial charge in [-0.05, 0) is 24.6 Å². The van der Waals surface area contributed by atoms with Crippen LogP contribution in [0.15, 0.2) is 24.3 Å². The van der Waals surface area contributed by atoms with Crippen molar-refractivity contribution >= 4 is 0 Å². The van der Waals surface area contributed by atoms with Gasteiger partial charge in [0.25, 0.3) is 0 Å². The molecule has 0 saturated carbocycles. The summed E-state index contributed by atoms with van der Waals surface area (Å²) in [6, 6.07) is 6.57. The third-order valence-electron chi connectivity index (χ3n) is 3.00. The van der Waals surface area contributed by atoms with Crippen LogP contribution < -0.4 is 10.1 Å². The first-order valence-corrected chi connectivity index (χ1v) is 6.13. The Kier molecular flexibility index (Phi) is 4.16. The molecule has 0 aliphatic rings. The quantitative estimate of drug-likeness (QED) is 0.898. The maximum Gasteiger partial charge on any atom is 0.216 e. The minimum Gasteiger partial charge on any atom is -0.481 e. The second-order valence-corrected chi connectivity index (χ2v) is 4.43. The molecule has 0 unspecified atom stereocenters. The van der Waals surface area contributed by atoms with Crippen LogP contribution in [0, 0.1) is 12.7 Å². The highest BCUT2D eigenvalue weighted by atomic mass is 19.1. The molecule has 0 bridgehead atoms. The van der Waals surface area contributed by atoms with Crippen LogP contribution in [-0.2, 0) is 20.1 Å². The molecule has 2 rings (SSSR count). The number of rotatable bonds is 5. The second-order valence-electron chi connectivity index (χ2n) is 4.43. The monoisotopic (exact) mass is 263 g/mol. The lowest BCUT2D eigenvalue weighted by Crippen LogP contribution is -2.13. The molecule has 0 fully saturated rings. The third-order valence-corrected chi connectivity index (χ3v) is 3.00. The van der Waals surface area contributed by atoms with E-state index < -0.39 is 0 Å². The Labute approximate surface area is 112 Å². The largest absolute Gasteiger partial charge is 0.481 e. The van der Waals surface area contributed by atoms with Gasteiger partial charge < -0.3 is 10.1 Å². The van der Waals surface area contributed by atoms with Gasteiger partial charge in [0.05, 0.1) is 18.4 Å². The maximum absolute atomic E-state index is 13.0. The maximum atomic E-state index is 13.0. The van der Waals surface area contributed by atoms with Crippen molar-refractivity contribution in [1.82, 2.24) is 15.1 Å². The summed E-state index contributed by atoms with van der Waals surface area (Å²) in [4.78, 5) is 0. The first-order valence-electron chi connectivity index (χ1n) is 6.13. The van der Waals surface area contributed by atoms with Gasteiger partial charge in [0, 0.05) is 20.1 Å². The predicted octanol–water partition coefficient (Wildman–Crippen LogP) is 2.17. The van der Waals surface area contributed by atoms with Gasteiger partial charge >= 0.3 is 0 Å². The number of methoxy groups -OCH3 is 1. The van der Waals surface area contributed by atoms with Crippen molar-refractivity contribution in [3.63, 3.8) is 0 Å². The standard InChI is InChI=1S/C14H18FN3O/c1-10-13(14(19-3)18(2)17-10)9-16-8-11-5-4-6-12(15)7-11/h4-7,16H,8-9H2,1-3H3. The molecule has 1 aromatic carbocycles. The smallest absolute Gasteiger partial charge is 0.216 e. The molecule has 1 heterocycles. The van der Waals surface area contributed by atoms with Crippen molar-refractivity contribution in [2.24, 2.45) is 7.05 Å². The first-order chi connectivity index (χ1) is 9.11. The molecule has 0 saturated heterocycles. The minimum atomic E-state index is -0.213. The van der Waals surface area contributed by atoms with Crippen LogP contribution in [0.25, 0.3) is 0 Å². The Morgan fingerprint density at radius 1 is 1.37 bits per heavy atom. The molecule has 0 atom stereocenters. The summed E-state index contributed by atoms with van der Waals surface area (Å²) in [7, 11) is 3.48. The van der Waals surface area contributed by atoms with Crippen molar-refractivity contribution in [1.29, 1.82) is 0 Å². The van der Waals surface area contributed by atoms with Gasteiger partial charge in [0.1, 0.15) is 5.82 Å². The fraction of sp³-hybridized carbons (Fsp3) is 0.357. The Morgan fingerprint density at radius 2 is 2.16 bits per heavy atom. The number of hydrogen-bond acceptors (Lipinski definition) is 3. The summed E-state index contributed by atoms with van der Waals surface area (Å²) in [5.41, 5.74) is 2.88. The number of ether oxygens (including phenoxy) is 1. The zero-order chi connectivity index (χ0) is 13.8. The van der Waals surface area contributed by atoms with E-state index in [2.05, 4.69) is 10.4 Å². The molecule has 0 radical (unpaired) electrons. The molecule has 4 nitrogen and oxygen atoms in total. The molecule has 5 heteroatoms. The van der Waals surface area contributed by atoms with Gasteiger partial charge in [-0.15, -0.1) is 0 Å². The van der Waals surface area contributed by atoms with E-state index in [0.29, 0.717) is 13.1 Å². The zero-order valence-electron chi connectivity index (χ0n) is 11.4. The third kappa shape index (κ3) is 3.12. The molecule has 0 amide bonds. The van der Waals surface area contributed by atoms with Crippen LogP contribution in [0.5, 0.6) is 5.88 Å². The number of benzene rings is 1. The SMILES string of the molecule is COc1c(CNCc2cccc(F)c2)c(C)nn1C. The molecule has 19 heavy (non-hydrogen) atoms. The predicted molar refractivity (Wildman–Crippen MR) is 71.4 cm³/mol. The van der Waals surface area contributed by atoms with E-state index in [4.69, 9.17) is 4.74 Å². The highest BCUT2D eigenvalue weighted by molar-refractivity contribution is 5.30. The zero-order valence-corrected chi connectivity index (χ0v) is 11.4. The fourth-order valence-corrected chi connectivity index (χ4v) is 2.12. The van der Waals surface area contributed by atoms with Gasteiger partial charge in [-0.2, -0.15) is 5.10 Å². The van der Waals surface area contributed by atoms with E-state index in [0.717, 1.165) is 22.7 Å². The molecule has 1 N–H and O–H groups in total. The van der Waals surface area contributed by atoms with Crippen molar-refractivity contribution in [2.45, 2.75) is 20.0 Å². The number of aryl methyl sites for hydroxylation is 2. The molecular weight excluding hydrogens is 245 g/mol. The molecule has 2 aromatic rings. The normalized spacial score (nSPS) is 10.7.